The molecule has 1 aliphatic heterocycles. The van der Waals surface area contributed by atoms with Crippen LogP contribution in [0.15, 0.2) is 109 Å². The maximum atomic E-state index is 4.43. The van der Waals surface area contributed by atoms with Crippen molar-refractivity contribution in [2.75, 3.05) is 17.1 Å². The molecule has 36 heavy (non-hydrogen) atoms. The standard InChI is InChI=1S/C33H33N3/c1-5-15-28(16-6-2)35-31-22-12-8-11-21-29(31)30-23-26-18-14-13-17-25(3)36(32(26)24-33(30)35)34(4)27-19-9-7-10-20-27/h5,7-21,23-24H,3,6,22H2,1-2,4H3/b15-5-,17-13-,18-14?,28-16+. The molecular formula is C33H33N3. The van der Waals surface area contributed by atoms with Crippen LogP contribution >= 0.6 is 0 Å². The first-order chi connectivity index (χ1) is 17.6. The number of rotatable bonds is 5. The monoisotopic (exact) mass is 471 g/mol. The second-order valence-electron chi connectivity index (χ2n) is 9.03. The van der Waals surface area contributed by atoms with Gasteiger partial charge in [0.15, 0.2) is 0 Å². The van der Waals surface area contributed by atoms with Gasteiger partial charge < -0.3 is 4.57 Å². The molecule has 3 nitrogen and oxygen atoms in total. The van der Waals surface area contributed by atoms with Crippen LogP contribution in [0.4, 0.5) is 11.4 Å². The van der Waals surface area contributed by atoms with E-state index in [0.717, 1.165) is 35.5 Å². The van der Waals surface area contributed by atoms with Crippen LogP contribution in [-0.4, -0.2) is 11.6 Å². The molecule has 0 radical (unpaired) electrons. The van der Waals surface area contributed by atoms with Crippen molar-refractivity contribution in [1.82, 2.24) is 4.57 Å². The molecule has 0 saturated carbocycles. The van der Waals surface area contributed by atoms with Gasteiger partial charge in [0.25, 0.3) is 0 Å². The third kappa shape index (κ3) is 4.18. The molecule has 0 atom stereocenters. The minimum absolute atomic E-state index is 0.887. The van der Waals surface area contributed by atoms with Gasteiger partial charge in [-0.25, -0.2) is 0 Å². The van der Waals surface area contributed by atoms with Crippen molar-refractivity contribution < 1.29 is 0 Å². The highest BCUT2D eigenvalue weighted by atomic mass is 15.6. The second-order valence-corrected chi connectivity index (χ2v) is 9.03. The van der Waals surface area contributed by atoms with Crippen LogP contribution in [-0.2, 0) is 6.42 Å². The average molecular weight is 472 g/mol. The van der Waals surface area contributed by atoms with E-state index in [2.05, 4.69) is 145 Å². The summed E-state index contributed by atoms with van der Waals surface area (Å²) in [5.41, 5.74) is 9.28. The lowest BCUT2D eigenvalue weighted by Gasteiger charge is -2.37. The largest absolute Gasteiger partial charge is 0.313 e. The number of aromatic nitrogens is 1. The summed E-state index contributed by atoms with van der Waals surface area (Å²) >= 11 is 0. The maximum absolute atomic E-state index is 4.43. The number of hydrogen-bond donors (Lipinski definition) is 0. The molecule has 3 heteroatoms. The summed E-state index contributed by atoms with van der Waals surface area (Å²) in [6, 6.07) is 15.1. The van der Waals surface area contributed by atoms with Crippen LogP contribution in [0.2, 0.25) is 0 Å². The predicted octanol–water partition coefficient (Wildman–Crippen LogP) is 8.55. The third-order valence-electron chi connectivity index (χ3n) is 6.69. The molecule has 0 fully saturated rings. The number of hydrazine groups is 1. The summed E-state index contributed by atoms with van der Waals surface area (Å²) in [4.78, 5) is 0. The van der Waals surface area contributed by atoms with E-state index in [1.54, 1.807) is 0 Å². The highest BCUT2D eigenvalue weighted by Gasteiger charge is 2.24. The van der Waals surface area contributed by atoms with Crippen LogP contribution in [0.25, 0.3) is 28.8 Å². The molecule has 0 amide bonds. The Labute approximate surface area is 214 Å². The van der Waals surface area contributed by atoms with Gasteiger partial charge in [0.05, 0.1) is 22.6 Å². The fourth-order valence-electron chi connectivity index (χ4n) is 5.10. The third-order valence-corrected chi connectivity index (χ3v) is 6.69. The van der Waals surface area contributed by atoms with Crippen molar-refractivity contribution >= 4 is 40.1 Å². The van der Waals surface area contributed by atoms with E-state index in [1.165, 1.54) is 27.9 Å². The Morgan fingerprint density at radius 1 is 1.03 bits per heavy atom. The van der Waals surface area contributed by atoms with E-state index < -0.39 is 0 Å². The summed E-state index contributed by atoms with van der Waals surface area (Å²) in [7, 11) is 2.09. The number of hydrogen-bond acceptors (Lipinski definition) is 2. The van der Waals surface area contributed by atoms with Gasteiger partial charge >= 0.3 is 0 Å². The zero-order valence-electron chi connectivity index (χ0n) is 21.4. The van der Waals surface area contributed by atoms with Gasteiger partial charge in [-0.15, -0.1) is 0 Å². The summed E-state index contributed by atoms with van der Waals surface area (Å²) in [6.07, 6.45) is 25.7. The van der Waals surface area contributed by atoms with Gasteiger partial charge in [0.1, 0.15) is 0 Å². The fourth-order valence-corrected chi connectivity index (χ4v) is 5.10. The van der Waals surface area contributed by atoms with Gasteiger partial charge in [-0.1, -0.05) is 86.4 Å². The molecule has 5 rings (SSSR count). The maximum Gasteiger partial charge on any atom is 0.0726 e. The first kappa shape index (κ1) is 23.5. The molecule has 1 aliphatic carbocycles. The molecule has 3 aromatic rings. The van der Waals surface area contributed by atoms with Gasteiger partial charge in [-0.2, -0.15) is 0 Å². The Kier molecular flexibility index (Phi) is 6.64. The summed E-state index contributed by atoms with van der Waals surface area (Å²) in [5.74, 6) is 0. The van der Waals surface area contributed by atoms with Gasteiger partial charge in [-0.05, 0) is 49.8 Å². The smallest absolute Gasteiger partial charge is 0.0726 e. The summed E-state index contributed by atoms with van der Waals surface area (Å²) in [5, 5.41) is 5.64. The minimum atomic E-state index is 0.887. The van der Waals surface area contributed by atoms with Crippen molar-refractivity contribution in [2.45, 2.75) is 26.7 Å². The van der Waals surface area contributed by atoms with E-state index in [4.69, 9.17) is 0 Å². The number of anilines is 2. The molecule has 1 aromatic heterocycles. The number of nitrogens with zero attached hydrogens (tertiary/aromatic N) is 3. The molecule has 2 heterocycles. The zero-order chi connectivity index (χ0) is 25.1. The Bertz CT molecular complexity index is 1470. The van der Waals surface area contributed by atoms with E-state index >= 15 is 0 Å². The molecule has 0 saturated heterocycles. The van der Waals surface area contributed by atoms with E-state index in [9.17, 15) is 0 Å². The molecule has 180 valence electrons. The number of allylic oxidation sites excluding steroid dienone is 10. The lowest BCUT2D eigenvalue weighted by molar-refractivity contribution is 0.902. The zero-order valence-corrected chi connectivity index (χ0v) is 21.4. The topological polar surface area (TPSA) is 11.4 Å². The first-order valence-electron chi connectivity index (χ1n) is 12.6. The van der Waals surface area contributed by atoms with Crippen LogP contribution in [0, 0.1) is 0 Å². The van der Waals surface area contributed by atoms with Crippen molar-refractivity contribution in [3.63, 3.8) is 0 Å². The first-order valence-corrected chi connectivity index (χ1v) is 12.6. The average Bonchev–Trinajstić information content (AvgIpc) is 3.01. The Balaban J connectivity index is 1.82. The van der Waals surface area contributed by atoms with E-state index in [0.29, 0.717) is 0 Å². The molecule has 0 N–H and O–H groups in total. The highest BCUT2D eigenvalue weighted by Crippen LogP contribution is 2.39. The number of fused-ring (bicyclic) bond motifs is 4. The van der Waals surface area contributed by atoms with Crippen molar-refractivity contribution in [2.24, 2.45) is 0 Å². The van der Waals surface area contributed by atoms with Gasteiger partial charge in [-0.3, -0.25) is 10.0 Å². The lowest BCUT2D eigenvalue weighted by atomic mass is 10.0. The Morgan fingerprint density at radius 3 is 2.58 bits per heavy atom. The summed E-state index contributed by atoms with van der Waals surface area (Å²) in [6.45, 7) is 8.71. The van der Waals surface area contributed by atoms with E-state index in [1.807, 2.05) is 6.07 Å². The predicted molar refractivity (Wildman–Crippen MR) is 158 cm³/mol. The normalized spacial score (nSPS) is 16.1. The van der Waals surface area contributed by atoms with Gasteiger partial charge in [0.2, 0.25) is 0 Å². The van der Waals surface area contributed by atoms with E-state index in [-0.39, 0.29) is 0 Å². The fraction of sp³-hybridized carbons (Fsp3) is 0.152. The molecule has 0 bridgehead atoms. The van der Waals surface area contributed by atoms with Crippen LogP contribution in [0.1, 0.15) is 37.1 Å². The Hall–Kier alpha value is -4.24. The molecule has 2 aromatic carbocycles. The van der Waals surface area contributed by atoms with Crippen LogP contribution < -0.4 is 10.0 Å². The van der Waals surface area contributed by atoms with Crippen molar-refractivity contribution in [3.05, 3.63) is 126 Å². The van der Waals surface area contributed by atoms with Crippen LogP contribution in [0.5, 0.6) is 0 Å². The SMILES string of the molecule is C=C1/C=C\C=Cc2cc3c4c(n(C(/C=C\C)=C/CC)c3cc2N1N(C)c1ccccc1)CC=CC=C4. The highest BCUT2D eigenvalue weighted by molar-refractivity contribution is 5.99. The minimum Gasteiger partial charge on any atom is -0.313 e. The number of benzene rings is 2. The van der Waals surface area contributed by atoms with Crippen LogP contribution in [0.3, 0.4) is 0 Å². The second kappa shape index (κ2) is 10.2. The van der Waals surface area contributed by atoms with Crippen molar-refractivity contribution in [3.8, 4) is 0 Å². The molecular weight excluding hydrogens is 438 g/mol. The quantitative estimate of drug-likeness (QED) is 0.345. The van der Waals surface area contributed by atoms with Crippen molar-refractivity contribution in [1.29, 1.82) is 0 Å². The summed E-state index contributed by atoms with van der Waals surface area (Å²) < 4.78 is 2.44. The molecule has 0 spiro atoms. The molecule has 2 aliphatic rings. The number of para-hydroxylation sites is 1. The van der Waals surface area contributed by atoms with Gasteiger partial charge in [0, 0.05) is 41.4 Å². The lowest BCUT2D eigenvalue weighted by Crippen LogP contribution is -2.39. The Morgan fingerprint density at radius 2 is 1.81 bits per heavy atom. The molecule has 0 unspecified atom stereocenters.